The van der Waals surface area contributed by atoms with Crippen molar-refractivity contribution in [2.24, 2.45) is 0 Å². The van der Waals surface area contributed by atoms with E-state index in [1.807, 2.05) is 48.5 Å². The summed E-state index contributed by atoms with van der Waals surface area (Å²) in [5, 5.41) is 15.3. The Bertz CT molecular complexity index is 678. The summed E-state index contributed by atoms with van der Waals surface area (Å²) < 4.78 is 10.9. The lowest BCUT2D eigenvalue weighted by Crippen LogP contribution is -2.40. The molecule has 0 spiro atoms. The highest BCUT2D eigenvalue weighted by Crippen LogP contribution is 2.41. The van der Waals surface area contributed by atoms with Crippen molar-refractivity contribution < 1.29 is 14.6 Å². The highest BCUT2D eigenvalue weighted by molar-refractivity contribution is 5.85. The highest BCUT2D eigenvalue weighted by Gasteiger charge is 2.36. The first-order valence-electron chi connectivity index (χ1n) is 8.67. The van der Waals surface area contributed by atoms with Crippen LogP contribution in [0.4, 0.5) is 0 Å². The van der Waals surface area contributed by atoms with E-state index in [1.165, 1.54) is 0 Å². The summed E-state index contributed by atoms with van der Waals surface area (Å²) in [7, 11) is 3.24. The van der Waals surface area contributed by atoms with Crippen LogP contribution in [0.2, 0.25) is 0 Å². The normalized spacial score (nSPS) is 14.3. The molecule has 0 saturated carbocycles. The predicted molar refractivity (Wildman–Crippen MR) is 109 cm³/mol. The average Bonchev–Trinajstić information content (AvgIpc) is 2.61. The van der Waals surface area contributed by atoms with Crippen molar-refractivity contribution in [1.29, 1.82) is 0 Å². The molecule has 2 atom stereocenters. The number of benzene rings is 2. The summed E-state index contributed by atoms with van der Waals surface area (Å²) in [4.78, 5) is 0. The first-order chi connectivity index (χ1) is 11.9. The van der Waals surface area contributed by atoms with Crippen molar-refractivity contribution in [3.8, 4) is 11.5 Å². The largest absolute Gasteiger partial charge is 0.497 e. The molecule has 2 rings (SSSR count). The lowest BCUT2D eigenvalue weighted by atomic mass is 9.80. The molecule has 0 aliphatic heterocycles. The third-order valence-electron chi connectivity index (χ3n) is 4.32. The van der Waals surface area contributed by atoms with Crippen LogP contribution in [-0.2, 0) is 5.60 Å². The molecule has 2 unspecified atom stereocenters. The number of rotatable bonds is 8. The lowest BCUT2D eigenvalue weighted by Gasteiger charge is -2.34. The molecule has 0 heterocycles. The molecular weight excluding hydrogens is 350 g/mol. The molecule has 2 N–H and O–H groups in total. The number of nitrogens with one attached hydrogen (secondary N) is 1. The van der Waals surface area contributed by atoms with Gasteiger partial charge in [0.05, 0.1) is 14.2 Å². The van der Waals surface area contributed by atoms with Crippen LogP contribution in [-0.4, -0.2) is 31.4 Å². The van der Waals surface area contributed by atoms with Gasteiger partial charge in [-0.1, -0.05) is 44.2 Å². The van der Waals surface area contributed by atoms with Crippen molar-refractivity contribution >= 4 is 12.4 Å². The molecule has 0 aliphatic rings. The van der Waals surface area contributed by atoms with Crippen molar-refractivity contribution in [2.75, 3.05) is 14.2 Å². The summed E-state index contributed by atoms with van der Waals surface area (Å²) in [6.07, 6.45) is 0.513. The number of ether oxygens (including phenoxy) is 2. The molecule has 0 aromatic heterocycles. The van der Waals surface area contributed by atoms with Gasteiger partial charge in [-0.3, -0.25) is 0 Å². The predicted octanol–water partition coefficient (Wildman–Crippen LogP) is 4.14. The number of hydrogen-bond donors (Lipinski definition) is 2. The van der Waals surface area contributed by atoms with Crippen LogP contribution in [0.5, 0.6) is 11.5 Å². The summed E-state index contributed by atoms with van der Waals surface area (Å²) >= 11 is 0. The van der Waals surface area contributed by atoms with Gasteiger partial charge in [0.25, 0.3) is 0 Å². The van der Waals surface area contributed by atoms with Crippen molar-refractivity contribution in [3.05, 3.63) is 59.7 Å². The fourth-order valence-corrected chi connectivity index (χ4v) is 3.31. The second kappa shape index (κ2) is 9.81. The average molecular weight is 380 g/mol. The van der Waals surface area contributed by atoms with Gasteiger partial charge in [-0.25, -0.2) is 0 Å². The van der Waals surface area contributed by atoms with Crippen LogP contribution in [0, 0.1) is 0 Å². The fourth-order valence-electron chi connectivity index (χ4n) is 3.31. The van der Waals surface area contributed by atoms with E-state index in [4.69, 9.17) is 9.47 Å². The van der Waals surface area contributed by atoms with Crippen molar-refractivity contribution in [3.63, 3.8) is 0 Å². The third kappa shape index (κ3) is 5.13. The fraction of sp³-hybridized carbons (Fsp3) is 0.429. The molecule has 4 nitrogen and oxygen atoms in total. The minimum atomic E-state index is -1.19. The van der Waals surface area contributed by atoms with Gasteiger partial charge in [0, 0.05) is 17.6 Å². The van der Waals surface area contributed by atoms with E-state index in [0.717, 1.165) is 5.56 Å². The molecule has 0 amide bonds. The smallest absolute Gasteiger partial charge is 0.125 e. The van der Waals surface area contributed by atoms with Gasteiger partial charge in [-0.15, -0.1) is 12.4 Å². The molecule has 0 radical (unpaired) electrons. The van der Waals surface area contributed by atoms with E-state index in [0.29, 0.717) is 29.5 Å². The van der Waals surface area contributed by atoms with Crippen LogP contribution >= 0.6 is 12.4 Å². The lowest BCUT2D eigenvalue weighted by molar-refractivity contribution is 0.0572. The molecule has 2 aromatic carbocycles. The van der Waals surface area contributed by atoms with Gasteiger partial charge in [-0.05, 0) is 37.1 Å². The van der Waals surface area contributed by atoms with Crippen LogP contribution in [0.3, 0.4) is 0 Å². The topological polar surface area (TPSA) is 50.7 Å². The summed E-state index contributed by atoms with van der Waals surface area (Å²) in [5.74, 6) is 1.33. The number of methoxy groups -OCH3 is 2. The maximum atomic E-state index is 11.8. The minimum Gasteiger partial charge on any atom is -0.497 e. The molecule has 144 valence electrons. The Labute approximate surface area is 162 Å². The Balaban J connectivity index is 0.00000338. The van der Waals surface area contributed by atoms with Gasteiger partial charge in [-0.2, -0.15) is 0 Å². The summed E-state index contributed by atoms with van der Waals surface area (Å²) in [5.41, 5.74) is 0.347. The Morgan fingerprint density at radius 1 is 1.00 bits per heavy atom. The summed E-state index contributed by atoms with van der Waals surface area (Å²) in [6.45, 7) is 6.29. The van der Waals surface area contributed by atoms with Gasteiger partial charge in [0.15, 0.2) is 0 Å². The molecule has 0 bridgehead atoms. The molecule has 26 heavy (non-hydrogen) atoms. The SMILES string of the molecule is COc1ccc(OC)c(C(O)(CC(C)NC(C)C)c2ccccc2)c1.Cl. The van der Waals surface area contributed by atoms with Crippen LogP contribution in [0.15, 0.2) is 48.5 Å². The molecule has 0 aliphatic carbocycles. The van der Waals surface area contributed by atoms with Crippen molar-refractivity contribution in [2.45, 2.75) is 44.9 Å². The Morgan fingerprint density at radius 3 is 2.19 bits per heavy atom. The van der Waals surface area contributed by atoms with Crippen molar-refractivity contribution in [1.82, 2.24) is 5.32 Å². The van der Waals surface area contributed by atoms with E-state index < -0.39 is 5.60 Å². The van der Waals surface area contributed by atoms with Gasteiger partial charge in [0.2, 0.25) is 0 Å². The minimum absolute atomic E-state index is 0. The molecule has 0 saturated heterocycles. The monoisotopic (exact) mass is 379 g/mol. The maximum Gasteiger partial charge on any atom is 0.125 e. The van der Waals surface area contributed by atoms with E-state index in [2.05, 4.69) is 26.1 Å². The standard InChI is InChI=1S/C21H29NO3.ClH/c1-15(2)22-16(3)14-21(23,17-9-7-6-8-10-17)19-13-18(24-4)11-12-20(19)25-5;/h6-13,15-16,22-23H,14H2,1-5H3;1H. The zero-order valence-electron chi connectivity index (χ0n) is 16.2. The Kier molecular flexibility index (Phi) is 8.41. The van der Waals surface area contributed by atoms with Crippen LogP contribution < -0.4 is 14.8 Å². The van der Waals surface area contributed by atoms with Gasteiger partial charge < -0.3 is 19.9 Å². The third-order valence-corrected chi connectivity index (χ3v) is 4.32. The molecule has 2 aromatic rings. The second-order valence-corrected chi connectivity index (χ2v) is 6.72. The number of aliphatic hydroxyl groups is 1. The highest BCUT2D eigenvalue weighted by atomic mass is 35.5. The zero-order valence-corrected chi connectivity index (χ0v) is 17.0. The summed E-state index contributed by atoms with van der Waals surface area (Å²) in [6, 6.07) is 15.7. The van der Waals surface area contributed by atoms with Gasteiger partial charge >= 0.3 is 0 Å². The van der Waals surface area contributed by atoms with Crippen LogP contribution in [0.1, 0.15) is 38.3 Å². The number of halogens is 1. The van der Waals surface area contributed by atoms with Crippen LogP contribution in [0.25, 0.3) is 0 Å². The van der Waals surface area contributed by atoms with E-state index in [1.54, 1.807) is 14.2 Å². The zero-order chi connectivity index (χ0) is 18.4. The van der Waals surface area contributed by atoms with Gasteiger partial charge in [0.1, 0.15) is 17.1 Å². The first-order valence-corrected chi connectivity index (χ1v) is 8.67. The van der Waals surface area contributed by atoms with E-state index in [-0.39, 0.29) is 18.4 Å². The second-order valence-electron chi connectivity index (χ2n) is 6.72. The first kappa shape index (κ1) is 22.3. The Morgan fingerprint density at radius 2 is 1.65 bits per heavy atom. The van der Waals surface area contributed by atoms with E-state index >= 15 is 0 Å². The molecule has 5 heteroatoms. The van der Waals surface area contributed by atoms with E-state index in [9.17, 15) is 5.11 Å². The molecular formula is C21H30ClNO3. The molecule has 0 fully saturated rings. The Hall–Kier alpha value is -1.75. The quantitative estimate of drug-likeness (QED) is 0.723. The maximum absolute atomic E-state index is 11.8. The number of hydrogen-bond acceptors (Lipinski definition) is 4.